The minimum Gasteiger partial charge on any atom is -0.496 e. The van der Waals surface area contributed by atoms with E-state index in [-0.39, 0.29) is 36.5 Å². The molecule has 8 heteroatoms. The Balaban J connectivity index is 0.00000196. The summed E-state index contributed by atoms with van der Waals surface area (Å²) < 4.78 is 11.3. The number of fused-ring (bicyclic) bond motifs is 3. The summed E-state index contributed by atoms with van der Waals surface area (Å²) in [6.45, 7) is 7.28. The first-order valence-corrected chi connectivity index (χ1v) is 9.29. The molecular formula is C20H31Cl2N3O3. The van der Waals surface area contributed by atoms with Gasteiger partial charge in [0.1, 0.15) is 5.75 Å². The average Bonchev–Trinajstić information content (AvgIpc) is 2.60. The van der Waals surface area contributed by atoms with Crippen LogP contribution in [0.4, 0.5) is 5.69 Å². The van der Waals surface area contributed by atoms with Crippen LogP contribution in [0.2, 0.25) is 0 Å². The van der Waals surface area contributed by atoms with Crippen LogP contribution in [0.5, 0.6) is 5.75 Å². The third-order valence-electron chi connectivity index (χ3n) is 4.74. The van der Waals surface area contributed by atoms with Crippen molar-refractivity contribution in [3.05, 3.63) is 33.6 Å². The molecule has 1 aromatic carbocycles. The number of H-pyrrole nitrogens is 1. The summed E-state index contributed by atoms with van der Waals surface area (Å²) in [5.74, 6) is 0.797. The van der Waals surface area contributed by atoms with Gasteiger partial charge in [0, 0.05) is 25.2 Å². The molecule has 2 heterocycles. The largest absolute Gasteiger partial charge is 0.496 e. The van der Waals surface area contributed by atoms with Crippen LogP contribution in [0.1, 0.15) is 31.4 Å². The summed E-state index contributed by atoms with van der Waals surface area (Å²) in [6.07, 6.45) is 2.02. The molecule has 2 aromatic rings. The smallest absolute Gasteiger partial charge is 0.253 e. The van der Waals surface area contributed by atoms with E-state index in [2.05, 4.69) is 34.4 Å². The van der Waals surface area contributed by atoms with E-state index in [0.29, 0.717) is 6.61 Å². The summed E-state index contributed by atoms with van der Waals surface area (Å²) in [7, 11) is 3.75. The molecule has 0 unspecified atom stereocenters. The Bertz CT molecular complexity index is 840. The van der Waals surface area contributed by atoms with E-state index >= 15 is 0 Å². The topological polar surface area (TPSA) is 66.6 Å². The van der Waals surface area contributed by atoms with Crippen molar-refractivity contribution >= 4 is 41.4 Å². The maximum Gasteiger partial charge on any atom is 0.253 e. The number of hydrogen-bond donors (Lipinski definition) is 2. The molecule has 1 aliphatic rings. The molecule has 0 fully saturated rings. The fourth-order valence-corrected chi connectivity index (χ4v) is 3.49. The molecule has 0 spiro atoms. The van der Waals surface area contributed by atoms with Crippen LogP contribution in [0.3, 0.4) is 0 Å². The number of anilines is 1. The van der Waals surface area contributed by atoms with Gasteiger partial charge in [-0.3, -0.25) is 9.69 Å². The van der Waals surface area contributed by atoms with Crippen LogP contribution in [0, 0.1) is 0 Å². The second-order valence-electron chi connectivity index (χ2n) is 7.22. The van der Waals surface area contributed by atoms with Crippen molar-refractivity contribution in [2.24, 2.45) is 0 Å². The Kier molecular flexibility index (Phi) is 9.57. The molecule has 0 atom stereocenters. The van der Waals surface area contributed by atoms with Crippen molar-refractivity contribution in [3.63, 3.8) is 0 Å². The molecule has 158 valence electrons. The van der Waals surface area contributed by atoms with Crippen LogP contribution >= 0.6 is 24.8 Å². The van der Waals surface area contributed by atoms with Gasteiger partial charge in [-0.25, -0.2) is 0 Å². The quantitative estimate of drug-likeness (QED) is 0.700. The van der Waals surface area contributed by atoms with Gasteiger partial charge in [0.25, 0.3) is 5.56 Å². The Morgan fingerprint density at radius 3 is 2.68 bits per heavy atom. The number of ether oxygens (including phenoxy) is 2. The molecule has 0 saturated carbocycles. The molecule has 0 radical (unpaired) electrons. The lowest BCUT2D eigenvalue weighted by molar-refractivity contribution is 0.0627. The molecule has 0 aliphatic carbocycles. The number of rotatable bonds is 7. The van der Waals surface area contributed by atoms with E-state index in [1.54, 1.807) is 7.11 Å². The lowest BCUT2D eigenvalue weighted by atomic mass is 9.99. The van der Waals surface area contributed by atoms with Crippen LogP contribution < -0.4 is 15.6 Å². The van der Waals surface area contributed by atoms with Crippen LogP contribution in [-0.4, -0.2) is 49.8 Å². The number of likely N-dealkylation sites (N-methyl/N-ethyl adjacent to an activating group) is 1. The Hall–Kier alpha value is -1.47. The number of aromatic nitrogens is 1. The van der Waals surface area contributed by atoms with Crippen LogP contribution in [0.15, 0.2) is 16.9 Å². The van der Waals surface area contributed by atoms with Crippen LogP contribution in [-0.2, 0) is 17.7 Å². The summed E-state index contributed by atoms with van der Waals surface area (Å²) in [5, 5.41) is 4.36. The summed E-state index contributed by atoms with van der Waals surface area (Å²) in [6, 6.07) is 4.12. The third-order valence-corrected chi connectivity index (χ3v) is 4.74. The zero-order valence-electron chi connectivity index (χ0n) is 17.0. The van der Waals surface area contributed by atoms with Crippen molar-refractivity contribution in [1.29, 1.82) is 0 Å². The van der Waals surface area contributed by atoms with Crippen molar-refractivity contribution in [2.75, 3.05) is 39.2 Å². The normalized spacial score (nSPS) is 12.9. The monoisotopic (exact) mass is 431 g/mol. The number of halogens is 2. The molecule has 3 rings (SSSR count). The van der Waals surface area contributed by atoms with Gasteiger partial charge in [-0.1, -0.05) is 0 Å². The van der Waals surface area contributed by atoms with E-state index in [1.807, 2.05) is 13.8 Å². The van der Waals surface area contributed by atoms with Crippen molar-refractivity contribution < 1.29 is 9.47 Å². The molecule has 0 bridgehead atoms. The Labute approximate surface area is 178 Å². The van der Waals surface area contributed by atoms with Crippen LogP contribution in [0.25, 0.3) is 10.9 Å². The first-order chi connectivity index (χ1) is 12.5. The highest BCUT2D eigenvalue weighted by molar-refractivity contribution is 5.98. The number of pyridine rings is 1. The van der Waals surface area contributed by atoms with E-state index in [9.17, 15) is 4.79 Å². The summed E-state index contributed by atoms with van der Waals surface area (Å²) >= 11 is 0. The number of aromatic amines is 1. The van der Waals surface area contributed by atoms with Gasteiger partial charge < -0.3 is 19.8 Å². The number of hydrogen-bond acceptors (Lipinski definition) is 5. The minimum absolute atomic E-state index is 0. The summed E-state index contributed by atoms with van der Waals surface area (Å²) in [4.78, 5) is 17.7. The lowest BCUT2D eigenvalue weighted by Gasteiger charge is -2.22. The lowest BCUT2D eigenvalue weighted by Crippen LogP contribution is -2.24. The standard InChI is InChI=1S/C20H29N3O3.2ClH/c1-13(2)26-9-8-23(3)12-14-10-16-18(17(11-14)25-4)19-15(20(24)22-16)6-5-7-21-19;;/h10-11,13,21H,5-9,12H2,1-4H3,(H,22,24);2*1H. The molecular weight excluding hydrogens is 401 g/mol. The zero-order chi connectivity index (χ0) is 18.7. The molecule has 6 nitrogen and oxygen atoms in total. The number of methoxy groups -OCH3 is 1. The molecule has 1 aromatic heterocycles. The van der Waals surface area contributed by atoms with Gasteiger partial charge in [-0.15, -0.1) is 24.8 Å². The number of benzene rings is 1. The van der Waals surface area contributed by atoms with E-state index in [1.165, 1.54) is 0 Å². The second-order valence-corrected chi connectivity index (χ2v) is 7.22. The Morgan fingerprint density at radius 2 is 2.00 bits per heavy atom. The predicted molar refractivity (Wildman–Crippen MR) is 120 cm³/mol. The van der Waals surface area contributed by atoms with Gasteiger partial charge >= 0.3 is 0 Å². The fraction of sp³-hybridized carbons (Fsp3) is 0.550. The molecule has 2 N–H and O–H groups in total. The minimum atomic E-state index is -0.00223. The van der Waals surface area contributed by atoms with E-state index < -0.39 is 0 Å². The van der Waals surface area contributed by atoms with Gasteiger partial charge in [0.2, 0.25) is 0 Å². The van der Waals surface area contributed by atoms with Crippen molar-refractivity contribution in [2.45, 2.75) is 39.3 Å². The summed E-state index contributed by atoms with van der Waals surface area (Å²) in [5.41, 5.74) is 3.68. The highest BCUT2D eigenvalue weighted by Crippen LogP contribution is 2.35. The molecule has 0 saturated heterocycles. The second kappa shape index (κ2) is 10.9. The molecule has 0 amide bonds. The predicted octanol–water partition coefficient (Wildman–Crippen LogP) is 3.60. The van der Waals surface area contributed by atoms with Gasteiger partial charge in [0.15, 0.2) is 0 Å². The van der Waals surface area contributed by atoms with Gasteiger partial charge in [0.05, 0.1) is 36.4 Å². The fourth-order valence-electron chi connectivity index (χ4n) is 3.49. The zero-order valence-corrected chi connectivity index (χ0v) is 18.6. The maximum atomic E-state index is 12.5. The van der Waals surface area contributed by atoms with Gasteiger partial charge in [-0.05, 0) is 51.4 Å². The molecule has 28 heavy (non-hydrogen) atoms. The van der Waals surface area contributed by atoms with Crippen molar-refractivity contribution in [3.8, 4) is 5.75 Å². The maximum absolute atomic E-state index is 12.5. The number of nitrogens with one attached hydrogen (secondary N) is 2. The van der Waals surface area contributed by atoms with E-state index in [0.717, 1.165) is 65.9 Å². The highest BCUT2D eigenvalue weighted by Gasteiger charge is 2.19. The van der Waals surface area contributed by atoms with Gasteiger partial charge in [-0.2, -0.15) is 0 Å². The Morgan fingerprint density at radius 1 is 1.25 bits per heavy atom. The third kappa shape index (κ3) is 5.54. The average molecular weight is 432 g/mol. The SMILES string of the molecule is COc1cc(CN(C)CCOC(C)C)cc2[nH]c(=O)c3c(c12)NCCC3.Cl.Cl. The first-order valence-electron chi connectivity index (χ1n) is 9.29. The molecule has 1 aliphatic heterocycles. The first kappa shape index (κ1) is 24.6. The van der Waals surface area contributed by atoms with E-state index in [4.69, 9.17) is 9.47 Å². The number of nitrogens with zero attached hydrogens (tertiary/aromatic N) is 1. The van der Waals surface area contributed by atoms with Crippen molar-refractivity contribution in [1.82, 2.24) is 9.88 Å². The highest BCUT2D eigenvalue weighted by atomic mass is 35.5.